The molecule has 0 amide bonds. The smallest absolute Gasteiger partial charge is 0.213 e. The Kier molecular flexibility index (Phi) is 9.07. The van der Waals surface area contributed by atoms with Crippen LogP contribution in [0.5, 0.6) is 11.6 Å². The molecule has 0 radical (unpaired) electrons. The third kappa shape index (κ3) is 7.08. The Morgan fingerprint density at radius 2 is 1.96 bits per heavy atom. The first kappa shape index (κ1) is 21.5. The van der Waals surface area contributed by atoms with Crippen LogP contribution in [0.25, 0.3) is 0 Å². The molecule has 7 heteroatoms. The summed E-state index contributed by atoms with van der Waals surface area (Å²) in [5.74, 6) is 2.18. The Labute approximate surface area is 167 Å². The maximum atomic E-state index is 5.86. The van der Waals surface area contributed by atoms with Crippen molar-refractivity contribution in [2.45, 2.75) is 26.9 Å². The number of hydrogen-bond acceptors (Lipinski definition) is 5. The van der Waals surface area contributed by atoms with Gasteiger partial charge < -0.3 is 24.8 Å². The third-order valence-electron chi connectivity index (χ3n) is 3.99. The summed E-state index contributed by atoms with van der Waals surface area (Å²) in [6.45, 7) is 7.07. The van der Waals surface area contributed by atoms with Gasteiger partial charge in [-0.3, -0.25) is 0 Å². The Balaban J connectivity index is 2.03. The molecule has 0 spiro atoms. The van der Waals surface area contributed by atoms with Crippen LogP contribution in [0.2, 0.25) is 0 Å². The second-order valence-corrected chi connectivity index (χ2v) is 6.21. The Morgan fingerprint density at radius 3 is 2.71 bits per heavy atom. The lowest BCUT2D eigenvalue weighted by Crippen LogP contribution is -2.36. The molecule has 0 fully saturated rings. The van der Waals surface area contributed by atoms with Crippen LogP contribution in [0.4, 0.5) is 0 Å². The van der Waals surface area contributed by atoms with Crippen LogP contribution in [0.15, 0.2) is 41.5 Å². The first-order chi connectivity index (χ1) is 13.7. The summed E-state index contributed by atoms with van der Waals surface area (Å²) in [7, 11) is 3.27. The first-order valence-electron chi connectivity index (χ1n) is 9.38. The lowest BCUT2D eigenvalue weighted by molar-refractivity contribution is 0.145. The molecular weight excluding hydrogens is 356 g/mol. The predicted molar refractivity (Wildman–Crippen MR) is 111 cm³/mol. The highest BCUT2D eigenvalue weighted by Crippen LogP contribution is 2.20. The highest BCUT2D eigenvalue weighted by atomic mass is 16.5. The van der Waals surface area contributed by atoms with Crippen molar-refractivity contribution >= 4 is 5.96 Å². The second-order valence-electron chi connectivity index (χ2n) is 6.21. The van der Waals surface area contributed by atoms with Gasteiger partial charge in [0.2, 0.25) is 5.88 Å². The molecule has 0 unspecified atom stereocenters. The van der Waals surface area contributed by atoms with Gasteiger partial charge in [0.05, 0.1) is 20.3 Å². The summed E-state index contributed by atoms with van der Waals surface area (Å²) >= 11 is 0. The number of benzene rings is 1. The van der Waals surface area contributed by atoms with E-state index in [1.807, 2.05) is 25.1 Å². The van der Waals surface area contributed by atoms with Crippen molar-refractivity contribution in [2.75, 3.05) is 34.0 Å². The van der Waals surface area contributed by atoms with Gasteiger partial charge in [-0.15, -0.1) is 0 Å². The molecule has 7 nitrogen and oxygen atoms in total. The zero-order chi connectivity index (χ0) is 20.2. The van der Waals surface area contributed by atoms with Crippen LogP contribution in [-0.4, -0.2) is 44.9 Å². The lowest BCUT2D eigenvalue weighted by atomic mass is 10.1. The van der Waals surface area contributed by atoms with E-state index in [-0.39, 0.29) is 0 Å². The number of pyridine rings is 1. The Hall–Kier alpha value is -2.80. The number of guanidine groups is 1. The van der Waals surface area contributed by atoms with E-state index in [9.17, 15) is 0 Å². The zero-order valence-corrected chi connectivity index (χ0v) is 17.1. The molecule has 2 aromatic rings. The molecule has 1 aromatic heterocycles. The number of ether oxygens (including phenoxy) is 3. The maximum absolute atomic E-state index is 5.86. The summed E-state index contributed by atoms with van der Waals surface area (Å²) in [5, 5.41) is 6.63. The molecule has 0 aliphatic rings. The summed E-state index contributed by atoms with van der Waals surface area (Å²) in [5.41, 5.74) is 3.25. The topological polar surface area (TPSA) is 77.0 Å². The molecule has 2 N–H and O–H groups in total. The summed E-state index contributed by atoms with van der Waals surface area (Å²) < 4.78 is 16.1. The van der Waals surface area contributed by atoms with Gasteiger partial charge in [0.15, 0.2) is 5.96 Å². The third-order valence-corrected chi connectivity index (χ3v) is 3.99. The number of nitrogens with one attached hydrogen (secondary N) is 2. The van der Waals surface area contributed by atoms with Crippen LogP contribution < -0.4 is 20.1 Å². The van der Waals surface area contributed by atoms with Gasteiger partial charge in [-0.05, 0) is 37.1 Å². The number of hydrogen-bond donors (Lipinski definition) is 2. The van der Waals surface area contributed by atoms with Gasteiger partial charge in [0.1, 0.15) is 12.4 Å². The molecule has 2 rings (SSSR count). The SMILES string of the molecule is CCNC(=NCc1ccnc(OC)c1)NCc1ccc(C)cc1OCCOC. The minimum absolute atomic E-state index is 0.519. The largest absolute Gasteiger partial charge is 0.491 e. The van der Waals surface area contributed by atoms with Crippen molar-refractivity contribution in [3.05, 3.63) is 53.2 Å². The van der Waals surface area contributed by atoms with Gasteiger partial charge in [-0.2, -0.15) is 0 Å². The van der Waals surface area contributed by atoms with Crippen molar-refractivity contribution in [2.24, 2.45) is 4.99 Å². The number of aliphatic imine (C=N–C) groups is 1. The van der Waals surface area contributed by atoms with Crippen molar-refractivity contribution in [3.8, 4) is 11.6 Å². The van der Waals surface area contributed by atoms with Gasteiger partial charge in [-0.1, -0.05) is 12.1 Å². The predicted octanol–water partition coefficient (Wildman–Crippen LogP) is 2.68. The van der Waals surface area contributed by atoms with Crippen LogP contribution in [0.3, 0.4) is 0 Å². The molecule has 1 aromatic carbocycles. The molecule has 1 heterocycles. The highest BCUT2D eigenvalue weighted by molar-refractivity contribution is 5.79. The van der Waals surface area contributed by atoms with Crippen molar-refractivity contribution in [1.82, 2.24) is 15.6 Å². The Bertz CT molecular complexity index is 765. The monoisotopic (exact) mass is 386 g/mol. The molecule has 0 aliphatic heterocycles. The van der Waals surface area contributed by atoms with Crippen molar-refractivity contribution in [3.63, 3.8) is 0 Å². The minimum Gasteiger partial charge on any atom is -0.491 e. The number of aryl methyl sites for hydroxylation is 1. The van der Waals surface area contributed by atoms with Crippen molar-refractivity contribution in [1.29, 1.82) is 0 Å². The lowest BCUT2D eigenvalue weighted by Gasteiger charge is -2.15. The molecular formula is C21H30N4O3. The van der Waals surface area contributed by atoms with Crippen LogP contribution >= 0.6 is 0 Å². The van der Waals surface area contributed by atoms with E-state index in [0.717, 1.165) is 34.9 Å². The van der Waals surface area contributed by atoms with Crippen LogP contribution in [-0.2, 0) is 17.8 Å². The molecule has 0 saturated carbocycles. The van der Waals surface area contributed by atoms with E-state index in [2.05, 4.69) is 39.7 Å². The average molecular weight is 386 g/mol. The summed E-state index contributed by atoms with van der Waals surface area (Å²) in [6, 6.07) is 10.0. The van der Waals surface area contributed by atoms with E-state index in [4.69, 9.17) is 14.2 Å². The van der Waals surface area contributed by atoms with E-state index in [0.29, 0.717) is 32.2 Å². The molecule has 0 bridgehead atoms. The van der Waals surface area contributed by atoms with Gasteiger partial charge >= 0.3 is 0 Å². The molecule has 152 valence electrons. The van der Waals surface area contributed by atoms with E-state index >= 15 is 0 Å². The number of rotatable bonds is 10. The quantitative estimate of drug-likeness (QED) is 0.371. The fraction of sp³-hybridized carbons (Fsp3) is 0.429. The highest BCUT2D eigenvalue weighted by Gasteiger charge is 2.06. The minimum atomic E-state index is 0.519. The molecule has 28 heavy (non-hydrogen) atoms. The van der Waals surface area contributed by atoms with E-state index in [1.54, 1.807) is 20.4 Å². The fourth-order valence-corrected chi connectivity index (χ4v) is 2.53. The summed E-state index contributed by atoms with van der Waals surface area (Å²) in [4.78, 5) is 8.77. The number of nitrogens with zero attached hydrogens (tertiary/aromatic N) is 2. The maximum Gasteiger partial charge on any atom is 0.213 e. The average Bonchev–Trinajstić information content (AvgIpc) is 2.71. The first-order valence-corrected chi connectivity index (χ1v) is 9.38. The molecule has 0 atom stereocenters. The molecule has 0 saturated heterocycles. The van der Waals surface area contributed by atoms with Crippen molar-refractivity contribution < 1.29 is 14.2 Å². The number of methoxy groups -OCH3 is 2. The van der Waals surface area contributed by atoms with Gasteiger partial charge in [0, 0.05) is 38.0 Å². The zero-order valence-electron chi connectivity index (χ0n) is 17.1. The van der Waals surface area contributed by atoms with Crippen LogP contribution in [0.1, 0.15) is 23.6 Å². The Morgan fingerprint density at radius 1 is 1.11 bits per heavy atom. The van der Waals surface area contributed by atoms with E-state index in [1.165, 1.54) is 0 Å². The standard InChI is InChI=1S/C21H30N4O3/c1-5-22-21(24-14-17-8-9-23-20(13-17)27-4)25-15-18-7-6-16(2)12-19(18)28-11-10-26-3/h6-9,12-13H,5,10-11,14-15H2,1-4H3,(H2,22,24,25). The molecule has 0 aliphatic carbocycles. The number of aromatic nitrogens is 1. The normalized spacial score (nSPS) is 11.2. The van der Waals surface area contributed by atoms with E-state index < -0.39 is 0 Å². The van der Waals surface area contributed by atoms with Gasteiger partial charge in [-0.25, -0.2) is 9.98 Å². The second kappa shape index (κ2) is 11.8. The fourth-order valence-electron chi connectivity index (χ4n) is 2.53. The van der Waals surface area contributed by atoms with Crippen LogP contribution in [0, 0.1) is 6.92 Å². The summed E-state index contributed by atoms with van der Waals surface area (Å²) in [6.07, 6.45) is 1.72. The van der Waals surface area contributed by atoms with Gasteiger partial charge in [0.25, 0.3) is 0 Å².